The first-order valence-electron chi connectivity index (χ1n) is 12.5. The molecular weight excluding hydrogens is 467 g/mol. The third-order valence-corrected chi connectivity index (χ3v) is 8.38. The van der Waals surface area contributed by atoms with Crippen LogP contribution in [0.25, 0.3) is 0 Å². The van der Waals surface area contributed by atoms with E-state index < -0.39 is 18.3 Å². The van der Waals surface area contributed by atoms with Crippen molar-refractivity contribution >= 4 is 35.8 Å². The molecule has 35 heavy (non-hydrogen) atoms. The van der Waals surface area contributed by atoms with Crippen LogP contribution in [0.2, 0.25) is 5.02 Å². The lowest BCUT2D eigenvalue weighted by Crippen LogP contribution is -2.41. The third-order valence-electron chi connectivity index (χ3n) is 7.96. The SMILES string of the molecule is CC1(C)OB(c2cccc(NC(=O)c3cc4n(n3)CCC[C@@H]4N3CCC(O)CC3)c2Cl)OC1(C)C. The Hall–Kier alpha value is -1.91. The molecule has 1 atom stereocenters. The molecule has 0 saturated carbocycles. The Morgan fingerprint density at radius 2 is 1.83 bits per heavy atom. The molecule has 3 aliphatic heterocycles. The number of piperidine rings is 1. The number of aromatic nitrogens is 2. The van der Waals surface area contributed by atoms with Gasteiger partial charge in [0.1, 0.15) is 0 Å². The molecule has 5 rings (SSSR count). The average Bonchev–Trinajstić information content (AvgIpc) is 3.33. The summed E-state index contributed by atoms with van der Waals surface area (Å²) < 4.78 is 14.3. The number of nitrogens with zero attached hydrogens (tertiary/aromatic N) is 3. The molecule has 0 aliphatic carbocycles. The molecule has 0 bridgehead atoms. The normalized spacial score (nSPS) is 24.4. The number of aliphatic hydroxyl groups excluding tert-OH is 1. The van der Waals surface area contributed by atoms with Crippen LogP contribution in [0.1, 0.15) is 75.6 Å². The number of anilines is 1. The Morgan fingerprint density at radius 3 is 2.51 bits per heavy atom. The predicted octanol–water partition coefficient (Wildman–Crippen LogP) is 3.38. The largest absolute Gasteiger partial charge is 0.496 e. The summed E-state index contributed by atoms with van der Waals surface area (Å²) in [6.45, 7) is 10.5. The van der Waals surface area contributed by atoms with Gasteiger partial charge < -0.3 is 19.7 Å². The molecule has 1 amide bonds. The minimum atomic E-state index is -0.618. The van der Waals surface area contributed by atoms with E-state index in [4.69, 9.17) is 20.9 Å². The minimum Gasteiger partial charge on any atom is -0.399 e. The number of benzene rings is 1. The fraction of sp³-hybridized carbons (Fsp3) is 0.600. The van der Waals surface area contributed by atoms with Gasteiger partial charge in [0.05, 0.1) is 39.8 Å². The molecular formula is C25H34BClN4O4. The molecule has 0 spiro atoms. The summed E-state index contributed by atoms with van der Waals surface area (Å²) in [5, 5.41) is 17.8. The molecule has 8 nitrogen and oxygen atoms in total. The maximum atomic E-state index is 13.2. The van der Waals surface area contributed by atoms with E-state index in [2.05, 4.69) is 15.3 Å². The zero-order chi connectivity index (χ0) is 25.0. The fourth-order valence-corrected chi connectivity index (χ4v) is 5.39. The van der Waals surface area contributed by atoms with E-state index in [0.29, 0.717) is 21.9 Å². The van der Waals surface area contributed by atoms with Crippen LogP contribution in [0.3, 0.4) is 0 Å². The summed E-state index contributed by atoms with van der Waals surface area (Å²) in [6, 6.07) is 7.58. The second-order valence-corrected chi connectivity index (χ2v) is 11.2. The molecule has 1 aromatic carbocycles. The highest BCUT2D eigenvalue weighted by atomic mass is 35.5. The Bertz CT molecular complexity index is 1100. The van der Waals surface area contributed by atoms with E-state index in [1.54, 1.807) is 6.07 Å². The lowest BCUT2D eigenvalue weighted by atomic mass is 9.79. The minimum absolute atomic E-state index is 0.209. The second kappa shape index (κ2) is 9.19. The maximum Gasteiger partial charge on any atom is 0.496 e. The van der Waals surface area contributed by atoms with Gasteiger partial charge >= 0.3 is 7.12 Å². The van der Waals surface area contributed by atoms with Crippen LogP contribution in [0.4, 0.5) is 5.69 Å². The second-order valence-electron chi connectivity index (χ2n) is 10.9. The van der Waals surface area contributed by atoms with Gasteiger partial charge in [-0.2, -0.15) is 5.10 Å². The first kappa shape index (κ1) is 24.8. The average molecular weight is 501 g/mol. The van der Waals surface area contributed by atoms with Crippen LogP contribution in [-0.2, 0) is 15.9 Å². The molecule has 2 fully saturated rings. The summed E-state index contributed by atoms with van der Waals surface area (Å²) in [5.41, 5.74) is 1.64. The van der Waals surface area contributed by atoms with Crippen molar-refractivity contribution < 1.29 is 19.2 Å². The number of hydrogen-bond acceptors (Lipinski definition) is 6. The van der Waals surface area contributed by atoms with Crippen LogP contribution in [-0.4, -0.2) is 63.2 Å². The molecule has 10 heteroatoms. The highest BCUT2D eigenvalue weighted by Crippen LogP contribution is 2.38. The maximum absolute atomic E-state index is 13.2. The van der Waals surface area contributed by atoms with Gasteiger partial charge in [-0.25, -0.2) is 0 Å². The fourth-order valence-electron chi connectivity index (χ4n) is 5.12. The molecule has 0 unspecified atom stereocenters. The quantitative estimate of drug-likeness (QED) is 0.626. The van der Waals surface area contributed by atoms with Crippen molar-refractivity contribution in [1.29, 1.82) is 0 Å². The summed E-state index contributed by atoms with van der Waals surface area (Å²) in [4.78, 5) is 15.6. The van der Waals surface area contributed by atoms with Gasteiger partial charge in [-0.05, 0) is 65.5 Å². The molecule has 1 aromatic heterocycles. The molecule has 2 aromatic rings. The van der Waals surface area contributed by atoms with Gasteiger partial charge in [0.2, 0.25) is 0 Å². The summed E-state index contributed by atoms with van der Waals surface area (Å²) in [5.74, 6) is -0.298. The number of halogens is 1. The Morgan fingerprint density at radius 1 is 1.14 bits per heavy atom. The van der Waals surface area contributed by atoms with Gasteiger partial charge in [0.25, 0.3) is 5.91 Å². The van der Waals surface area contributed by atoms with Gasteiger partial charge in [-0.3, -0.25) is 14.4 Å². The Labute approximate surface area is 212 Å². The number of nitrogens with one attached hydrogen (secondary N) is 1. The number of fused-ring (bicyclic) bond motifs is 1. The lowest BCUT2D eigenvalue weighted by Gasteiger charge is -2.38. The highest BCUT2D eigenvalue weighted by molar-refractivity contribution is 6.66. The van der Waals surface area contributed by atoms with Crippen molar-refractivity contribution in [3.8, 4) is 0 Å². The molecule has 2 N–H and O–H groups in total. The van der Waals surface area contributed by atoms with Crippen LogP contribution in [0, 0.1) is 0 Å². The van der Waals surface area contributed by atoms with Gasteiger partial charge in [-0.15, -0.1) is 0 Å². The monoisotopic (exact) mass is 500 g/mol. The predicted molar refractivity (Wildman–Crippen MR) is 136 cm³/mol. The van der Waals surface area contributed by atoms with Crippen LogP contribution in [0.5, 0.6) is 0 Å². The first-order valence-corrected chi connectivity index (χ1v) is 12.9. The number of hydrogen-bond donors (Lipinski definition) is 2. The summed E-state index contributed by atoms with van der Waals surface area (Å²) in [6.07, 6.45) is 3.41. The Balaban J connectivity index is 1.34. The Kier molecular flexibility index (Phi) is 6.51. The summed E-state index contributed by atoms with van der Waals surface area (Å²) in [7, 11) is -0.618. The number of likely N-dealkylation sites (tertiary alicyclic amines) is 1. The van der Waals surface area contributed by atoms with Crippen LogP contribution < -0.4 is 10.8 Å². The van der Waals surface area contributed by atoms with E-state index in [-0.39, 0.29) is 18.1 Å². The zero-order valence-corrected chi connectivity index (χ0v) is 21.6. The van der Waals surface area contributed by atoms with E-state index in [0.717, 1.165) is 51.0 Å². The zero-order valence-electron chi connectivity index (χ0n) is 20.9. The van der Waals surface area contributed by atoms with E-state index in [9.17, 15) is 9.90 Å². The van der Waals surface area contributed by atoms with Crippen molar-refractivity contribution in [1.82, 2.24) is 14.7 Å². The van der Waals surface area contributed by atoms with E-state index in [1.807, 2.05) is 50.6 Å². The van der Waals surface area contributed by atoms with Crippen molar-refractivity contribution in [2.45, 2.75) is 83.3 Å². The van der Waals surface area contributed by atoms with Crippen molar-refractivity contribution in [2.24, 2.45) is 0 Å². The third kappa shape index (κ3) is 4.65. The first-order chi connectivity index (χ1) is 16.6. The molecule has 188 valence electrons. The molecule has 4 heterocycles. The number of rotatable bonds is 4. The van der Waals surface area contributed by atoms with Gasteiger partial charge in [-0.1, -0.05) is 23.7 Å². The topological polar surface area (TPSA) is 88.9 Å². The lowest BCUT2D eigenvalue weighted by molar-refractivity contribution is 0.00578. The molecule has 0 radical (unpaired) electrons. The highest BCUT2D eigenvalue weighted by Gasteiger charge is 2.52. The van der Waals surface area contributed by atoms with E-state index in [1.165, 1.54) is 0 Å². The number of carbonyl (C=O) groups is 1. The molecule has 3 aliphatic rings. The van der Waals surface area contributed by atoms with Crippen LogP contribution >= 0.6 is 11.6 Å². The van der Waals surface area contributed by atoms with Gasteiger partial charge in [0, 0.05) is 25.1 Å². The number of carbonyl (C=O) groups excluding carboxylic acids is 1. The van der Waals surface area contributed by atoms with Crippen molar-refractivity contribution in [3.63, 3.8) is 0 Å². The van der Waals surface area contributed by atoms with Gasteiger partial charge in [0.15, 0.2) is 5.69 Å². The smallest absolute Gasteiger partial charge is 0.399 e. The number of aryl methyl sites for hydroxylation is 1. The standard InChI is InChI=1S/C25H34BClN4O4/c1-24(2)25(3,4)35-26(34-24)17-7-5-8-18(22(17)27)28-23(33)19-15-21-20(9-6-12-31(21)29-19)30-13-10-16(32)11-14-30/h5,7-8,15-16,20,32H,6,9-14H2,1-4H3,(H,28,33)/t20-/m0/s1. The van der Waals surface area contributed by atoms with Crippen molar-refractivity contribution in [2.75, 3.05) is 18.4 Å². The molecule has 2 saturated heterocycles. The number of amides is 1. The van der Waals surface area contributed by atoms with E-state index >= 15 is 0 Å². The van der Waals surface area contributed by atoms with Crippen molar-refractivity contribution in [3.05, 3.63) is 40.7 Å². The van der Waals surface area contributed by atoms with Crippen LogP contribution in [0.15, 0.2) is 24.3 Å². The number of aliphatic hydroxyl groups is 1. The summed E-state index contributed by atoms with van der Waals surface area (Å²) >= 11 is 6.72.